The zero-order valence-corrected chi connectivity index (χ0v) is 21.1. The van der Waals surface area contributed by atoms with E-state index in [1.165, 1.54) is 6.07 Å². The number of nitrogens with zero attached hydrogens (tertiary/aromatic N) is 3. The SMILES string of the molecule is CC(C)(C)OC(=O)NCCC(=O)N1CCC(CNC(=O)CN2C(=O)c3ccc([N+](=O)[O-])cc3C2=O)CC1. The summed E-state index contributed by atoms with van der Waals surface area (Å²) in [5.74, 6) is -1.89. The van der Waals surface area contributed by atoms with Gasteiger partial charge >= 0.3 is 6.09 Å². The average molecular weight is 518 g/mol. The molecule has 37 heavy (non-hydrogen) atoms. The van der Waals surface area contributed by atoms with Crippen LogP contribution in [0.5, 0.6) is 0 Å². The van der Waals surface area contributed by atoms with Crippen molar-refractivity contribution in [3.63, 3.8) is 0 Å². The number of alkyl carbamates (subject to hydrolysis) is 1. The highest BCUT2D eigenvalue weighted by molar-refractivity contribution is 6.22. The summed E-state index contributed by atoms with van der Waals surface area (Å²) in [7, 11) is 0. The first-order valence-corrected chi connectivity index (χ1v) is 12.0. The van der Waals surface area contributed by atoms with Crippen LogP contribution in [-0.2, 0) is 14.3 Å². The van der Waals surface area contributed by atoms with Gasteiger partial charge in [0.25, 0.3) is 17.5 Å². The van der Waals surface area contributed by atoms with Crippen LogP contribution in [0.15, 0.2) is 18.2 Å². The molecule has 2 N–H and O–H groups in total. The summed E-state index contributed by atoms with van der Waals surface area (Å²) < 4.78 is 5.13. The highest BCUT2D eigenvalue weighted by Gasteiger charge is 2.38. The quantitative estimate of drug-likeness (QED) is 0.297. The fraction of sp³-hybridized carbons (Fsp3) is 0.542. The van der Waals surface area contributed by atoms with Crippen LogP contribution in [-0.4, -0.2) is 82.8 Å². The van der Waals surface area contributed by atoms with Crippen molar-refractivity contribution in [2.24, 2.45) is 5.92 Å². The van der Waals surface area contributed by atoms with E-state index in [2.05, 4.69) is 10.6 Å². The third kappa shape index (κ3) is 7.24. The van der Waals surface area contributed by atoms with Crippen molar-refractivity contribution in [3.8, 4) is 0 Å². The number of rotatable bonds is 8. The number of carbonyl (C=O) groups excluding carboxylic acids is 5. The van der Waals surface area contributed by atoms with Crippen molar-refractivity contribution in [2.45, 2.75) is 45.6 Å². The zero-order chi connectivity index (χ0) is 27.3. The summed E-state index contributed by atoms with van der Waals surface area (Å²) in [5.41, 5.74) is -0.985. The second-order valence-electron chi connectivity index (χ2n) is 9.99. The number of ether oxygens (including phenoxy) is 1. The van der Waals surface area contributed by atoms with Gasteiger partial charge in [-0.2, -0.15) is 0 Å². The Morgan fingerprint density at radius 3 is 2.35 bits per heavy atom. The van der Waals surface area contributed by atoms with Crippen LogP contribution in [0.1, 0.15) is 60.7 Å². The predicted octanol–water partition coefficient (Wildman–Crippen LogP) is 1.46. The lowest BCUT2D eigenvalue weighted by atomic mass is 9.96. The number of benzene rings is 1. The molecule has 0 saturated carbocycles. The number of nitro benzene ring substituents is 1. The summed E-state index contributed by atoms with van der Waals surface area (Å²) in [6.45, 7) is 6.32. The summed E-state index contributed by atoms with van der Waals surface area (Å²) in [4.78, 5) is 74.3. The summed E-state index contributed by atoms with van der Waals surface area (Å²) in [6, 6.07) is 3.40. The first kappa shape index (κ1) is 27.6. The van der Waals surface area contributed by atoms with Crippen molar-refractivity contribution < 1.29 is 33.6 Å². The number of imide groups is 1. The maximum Gasteiger partial charge on any atom is 0.407 e. The van der Waals surface area contributed by atoms with E-state index >= 15 is 0 Å². The van der Waals surface area contributed by atoms with Crippen LogP contribution in [0.4, 0.5) is 10.5 Å². The van der Waals surface area contributed by atoms with Crippen LogP contribution in [0, 0.1) is 16.0 Å². The molecule has 13 nitrogen and oxygen atoms in total. The molecule has 0 spiro atoms. The van der Waals surface area contributed by atoms with Gasteiger partial charge in [0.15, 0.2) is 0 Å². The minimum atomic E-state index is -0.744. The molecule has 0 aliphatic carbocycles. The van der Waals surface area contributed by atoms with Crippen LogP contribution < -0.4 is 10.6 Å². The third-order valence-corrected chi connectivity index (χ3v) is 6.03. The molecule has 1 saturated heterocycles. The van der Waals surface area contributed by atoms with E-state index in [0.29, 0.717) is 32.5 Å². The Hall–Kier alpha value is -4.03. The Balaban J connectivity index is 1.38. The number of amides is 5. The maximum atomic E-state index is 12.5. The molecule has 2 aliphatic heterocycles. The second kappa shape index (κ2) is 11.4. The number of non-ortho nitro benzene ring substituents is 1. The monoisotopic (exact) mass is 517 g/mol. The summed E-state index contributed by atoms with van der Waals surface area (Å²) >= 11 is 0. The van der Waals surface area contributed by atoms with Gasteiger partial charge < -0.3 is 20.3 Å². The molecule has 2 heterocycles. The Morgan fingerprint density at radius 2 is 1.73 bits per heavy atom. The summed E-state index contributed by atoms with van der Waals surface area (Å²) in [5, 5.41) is 16.2. The highest BCUT2D eigenvalue weighted by Crippen LogP contribution is 2.26. The summed E-state index contributed by atoms with van der Waals surface area (Å²) in [6.07, 6.45) is 0.923. The third-order valence-electron chi connectivity index (χ3n) is 6.03. The second-order valence-corrected chi connectivity index (χ2v) is 9.99. The van der Waals surface area contributed by atoms with Gasteiger partial charge in [0.2, 0.25) is 11.8 Å². The van der Waals surface area contributed by atoms with Crippen molar-refractivity contribution >= 4 is 35.4 Å². The molecule has 200 valence electrons. The number of carbonyl (C=O) groups is 5. The Bertz CT molecular complexity index is 1100. The zero-order valence-electron chi connectivity index (χ0n) is 21.1. The van der Waals surface area contributed by atoms with Gasteiger partial charge in [-0.25, -0.2) is 4.79 Å². The molecule has 0 unspecified atom stereocenters. The molecule has 3 rings (SSSR count). The fourth-order valence-electron chi connectivity index (χ4n) is 4.12. The molecule has 0 bridgehead atoms. The smallest absolute Gasteiger partial charge is 0.407 e. The number of hydrogen-bond acceptors (Lipinski definition) is 8. The largest absolute Gasteiger partial charge is 0.444 e. The maximum absolute atomic E-state index is 12.5. The Morgan fingerprint density at radius 1 is 1.08 bits per heavy atom. The van der Waals surface area contributed by atoms with E-state index < -0.39 is 40.9 Å². The molecule has 1 aromatic rings. The van der Waals surface area contributed by atoms with E-state index in [-0.39, 0.29) is 41.6 Å². The predicted molar refractivity (Wildman–Crippen MR) is 130 cm³/mol. The first-order valence-electron chi connectivity index (χ1n) is 12.0. The molecule has 13 heteroatoms. The molecule has 1 fully saturated rings. The van der Waals surface area contributed by atoms with Gasteiger partial charge in [-0.05, 0) is 45.6 Å². The number of likely N-dealkylation sites (tertiary alicyclic amines) is 1. The van der Waals surface area contributed by atoms with Gasteiger partial charge in [-0.15, -0.1) is 0 Å². The lowest BCUT2D eigenvalue weighted by Gasteiger charge is -2.32. The number of fused-ring (bicyclic) bond motifs is 1. The molecule has 2 aliphatic rings. The molecule has 1 aromatic carbocycles. The highest BCUT2D eigenvalue weighted by atomic mass is 16.6. The number of nitrogens with one attached hydrogen (secondary N) is 2. The number of hydrogen-bond donors (Lipinski definition) is 2. The average Bonchev–Trinajstić information content (AvgIpc) is 3.06. The van der Waals surface area contributed by atoms with Gasteiger partial charge in [0.1, 0.15) is 12.1 Å². The van der Waals surface area contributed by atoms with Crippen molar-refractivity contribution in [1.82, 2.24) is 20.4 Å². The van der Waals surface area contributed by atoms with Crippen LogP contribution in [0.2, 0.25) is 0 Å². The molecule has 0 aromatic heterocycles. The lowest BCUT2D eigenvalue weighted by molar-refractivity contribution is -0.384. The Labute approximate surface area is 213 Å². The fourth-order valence-corrected chi connectivity index (χ4v) is 4.12. The van der Waals surface area contributed by atoms with E-state index in [0.717, 1.165) is 17.0 Å². The van der Waals surface area contributed by atoms with Crippen molar-refractivity contribution in [3.05, 3.63) is 39.4 Å². The van der Waals surface area contributed by atoms with E-state index in [1.54, 1.807) is 25.7 Å². The van der Waals surface area contributed by atoms with Crippen molar-refractivity contribution in [2.75, 3.05) is 32.7 Å². The number of nitro groups is 1. The molecule has 5 amide bonds. The van der Waals surface area contributed by atoms with Gasteiger partial charge in [0.05, 0.1) is 16.1 Å². The van der Waals surface area contributed by atoms with E-state index in [9.17, 15) is 34.1 Å². The van der Waals surface area contributed by atoms with Gasteiger partial charge in [-0.3, -0.25) is 34.2 Å². The number of piperidine rings is 1. The minimum absolute atomic E-state index is 0.0294. The lowest BCUT2D eigenvalue weighted by Crippen LogP contribution is -2.45. The molecule has 0 atom stereocenters. The first-order chi connectivity index (χ1) is 17.4. The standard InChI is InChI=1S/C24H31N5O8/c1-24(2,3)37-23(34)25-9-6-20(31)27-10-7-15(8-11-27)13-26-19(30)14-28-21(32)17-5-4-16(29(35)36)12-18(17)22(28)33/h4-5,12,15H,6-11,13-14H2,1-3H3,(H,25,34)(H,26,30). The minimum Gasteiger partial charge on any atom is -0.444 e. The topological polar surface area (TPSA) is 168 Å². The van der Waals surface area contributed by atoms with Gasteiger partial charge in [-0.1, -0.05) is 0 Å². The van der Waals surface area contributed by atoms with Crippen LogP contribution in [0.3, 0.4) is 0 Å². The van der Waals surface area contributed by atoms with Crippen LogP contribution in [0.25, 0.3) is 0 Å². The van der Waals surface area contributed by atoms with E-state index in [4.69, 9.17) is 4.74 Å². The van der Waals surface area contributed by atoms with Gasteiger partial charge in [0, 0.05) is 44.7 Å². The Kier molecular flexibility index (Phi) is 8.46. The van der Waals surface area contributed by atoms with Crippen molar-refractivity contribution in [1.29, 1.82) is 0 Å². The molecular formula is C24H31N5O8. The normalized spacial score (nSPS) is 15.9. The van der Waals surface area contributed by atoms with Crippen LogP contribution >= 0.6 is 0 Å². The molecule has 0 radical (unpaired) electrons. The molecular weight excluding hydrogens is 486 g/mol. The van der Waals surface area contributed by atoms with E-state index in [1.807, 2.05) is 0 Å².